The molecule has 0 radical (unpaired) electrons. The van der Waals surface area contributed by atoms with E-state index in [2.05, 4.69) is 15.9 Å². The van der Waals surface area contributed by atoms with E-state index in [4.69, 9.17) is 10.5 Å². The molecule has 0 aliphatic rings. The predicted molar refractivity (Wildman–Crippen MR) is 77.7 cm³/mol. The highest BCUT2D eigenvalue weighted by Crippen LogP contribution is 2.31. The molecule has 0 heterocycles. The maximum Gasteiger partial charge on any atom is 0.124 e. The van der Waals surface area contributed by atoms with Crippen molar-refractivity contribution in [3.63, 3.8) is 0 Å². The number of aliphatic hydroxyl groups excluding tert-OH is 1. The van der Waals surface area contributed by atoms with Gasteiger partial charge in [0, 0.05) is 10.0 Å². The van der Waals surface area contributed by atoms with Crippen molar-refractivity contribution >= 4 is 15.9 Å². The van der Waals surface area contributed by atoms with Gasteiger partial charge in [-0.25, -0.2) is 0 Å². The van der Waals surface area contributed by atoms with Crippen LogP contribution in [0.15, 0.2) is 22.7 Å². The summed E-state index contributed by atoms with van der Waals surface area (Å²) in [5.41, 5.74) is 7.01. The van der Waals surface area contributed by atoms with Crippen molar-refractivity contribution in [1.29, 1.82) is 0 Å². The minimum absolute atomic E-state index is 0.161. The quantitative estimate of drug-likeness (QED) is 0.847. The van der Waals surface area contributed by atoms with E-state index in [1.807, 2.05) is 39.0 Å². The van der Waals surface area contributed by atoms with Crippen LogP contribution in [0, 0.1) is 5.92 Å². The summed E-state index contributed by atoms with van der Waals surface area (Å²) in [6.07, 6.45) is 0.329. The Morgan fingerprint density at radius 3 is 2.61 bits per heavy atom. The van der Waals surface area contributed by atoms with Crippen LogP contribution in [-0.4, -0.2) is 17.8 Å². The summed E-state index contributed by atoms with van der Waals surface area (Å²) < 4.78 is 6.50. The van der Waals surface area contributed by atoms with Gasteiger partial charge in [-0.1, -0.05) is 36.2 Å². The lowest BCUT2D eigenvalue weighted by Crippen LogP contribution is -2.31. The molecule has 0 saturated carbocycles. The molecule has 18 heavy (non-hydrogen) atoms. The Bertz CT molecular complexity index is 384. The van der Waals surface area contributed by atoms with E-state index < -0.39 is 12.1 Å². The summed E-state index contributed by atoms with van der Waals surface area (Å²) in [5, 5.41) is 10.2. The van der Waals surface area contributed by atoms with E-state index >= 15 is 0 Å². The lowest BCUT2D eigenvalue weighted by atomic mass is 9.91. The Morgan fingerprint density at radius 1 is 1.39 bits per heavy atom. The van der Waals surface area contributed by atoms with Crippen LogP contribution in [0.2, 0.25) is 0 Å². The van der Waals surface area contributed by atoms with Gasteiger partial charge in [0.1, 0.15) is 5.75 Å². The largest absolute Gasteiger partial charge is 0.494 e. The average Bonchev–Trinajstić information content (AvgIpc) is 2.38. The fourth-order valence-corrected chi connectivity index (χ4v) is 2.22. The van der Waals surface area contributed by atoms with Crippen LogP contribution < -0.4 is 10.5 Å². The van der Waals surface area contributed by atoms with E-state index in [0.29, 0.717) is 6.61 Å². The zero-order chi connectivity index (χ0) is 13.7. The van der Waals surface area contributed by atoms with Crippen LogP contribution in [0.1, 0.15) is 38.8 Å². The van der Waals surface area contributed by atoms with E-state index in [1.165, 1.54) is 0 Å². The number of nitrogens with two attached hydrogens (primary N) is 1. The van der Waals surface area contributed by atoms with E-state index in [-0.39, 0.29) is 5.92 Å². The van der Waals surface area contributed by atoms with Crippen molar-refractivity contribution in [3.05, 3.63) is 28.2 Å². The first-order valence-corrected chi connectivity index (χ1v) is 7.16. The van der Waals surface area contributed by atoms with Crippen LogP contribution in [0.3, 0.4) is 0 Å². The molecule has 0 bridgehead atoms. The van der Waals surface area contributed by atoms with Gasteiger partial charge >= 0.3 is 0 Å². The number of aliphatic hydroxyl groups is 1. The third kappa shape index (κ3) is 3.70. The molecule has 0 saturated heterocycles. The fourth-order valence-electron chi connectivity index (χ4n) is 1.85. The number of rotatable bonds is 6. The molecule has 0 aromatic heterocycles. The van der Waals surface area contributed by atoms with Gasteiger partial charge in [0.15, 0.2) is 0 Å². The van der Waals surface area contributed by atoms with Crippen molar-refractivity contribution in [2.45, 2.75) is 39.3 Å². The Labute approximate surface area is 117 Å². The van der Waals surface area contributed by atoms with Crippen LogP contribution in [-0.2, 0) is 0 Å². The molecule has 102 valence electrons. The summed E-state index contributed by atoms with van der Waals surface area (Å²) in [6, 6.07) is 5.28. The summed E-state index contributed by atoms with van der Waals surface area (Å²) in [4.78, 5) is 0. The second kappa shape index (κ2) is 7.12. The third-order valence-corrected chi connectivity index (χ3v) is 3.72. The number of halogens is 1. The lowest BCUT2D eigenvalue weighted by Gasteiger charge is -2.26. The molecule has 3 nitrogen and oxygen atoms in total. The molecule has 0 aliphatic carbocycles. The number of hydrogen-bond acceptors (Lipinski definition) is 3. The summed E-state index contributed by atoms with van der Waals surface area (Å²) in [5.74, 6) is 0.906. The Kier molecular flexibility index (Phi) is 6.12. The zero-order valence-corrected chi connectivity index (χ0v) is 12.8. The van der Waals surface area contributed by atoms with Crippen molar-refractivity contribution in [2.24, 2.45) is 11.7 Å². The fraction of sp³-hybridized carbons (Fsp3) is 0.571. The van der Waals surface area contributed by atoms with Crippen LogP contribution in [0.25, 0.3) is 0 Å². The van der Waals surface area contributed by atoms with E-state index in [9.17, 15) is 5.11 Å². The molecule has 3 N–H and O–H groups in total. The van der Waals surface area contributed by atoms with Crippen molar-refractivity contribution in [3.8, 4) is 5.75 Å². The predicted octanol–water partition coefficient (Wildman–Crippen LogP) is 3.25. The summed E-state index contributed by atoms with van der Waals surface area (Å²) in [7, 11) is 0. The number of benzene rings is 1. The molecule has 1 rings (SSSR count). The third-order valence-electron chi connectivity index (χ3n) is 3.23. The minimum Gasteiger partial charge on any atom is -0.494 e. The van der Waals surface area contributed by atoms with Crippen LogP contribution in [0.5, 0.6) is 5.75 Å². The Balaban J connectivity index is 3.02. The smallest absolute Gasteiger partial charge is 0.124 e. The topological polar surface area (TPSA) is 55.5 Å². The standard InChI is InChI=1S/C14H22BrNO2/c1-4-9(3)14(17)13(16)11-8-10(15)6-7-12(11)18-5-2/h6-9,13-14,17H,4-5,16H2,1-3H3/t9?,13-,14+/m0/s1. The summed E-state index contributed by atoms with van der Waals surface area (Å²) >= 11 is 3.43. The molecule has 1 unspecified atom stereocenters. The van der Waals surface area contributed by atoms with Crippen LogP contribution in [0.4, 0.5) is 0 Å². The highest BCUT2D eigenvalue weighted by atomic mass is 79.9. The van der Waals surface area contributed by atoms with Gasteiger partial charge in [-0.3, -0.25) is 0 Å². The molecule has 0 amide bonds. The van der Waals surface area contributed by atoms with Gasteiger partial charge in [0.2, 0.25) is 0 Å². The van der Waals surface area contributed by atoms with Gasteiger partial charge in [0.05, 0.1) is 18.8 Å². The average molecular weight is 316 g/mol. The first-order chi connectivity index (χ1) is 8.51. The Hall–Kier alpha value is -0.580. The SMILES string of the molecule is CCOc1ccc(Br)cc1[C@H](N)[C@H](O)C(C)CC. The van der Waals surface area contributed by atoms with Gasteiger partial charge in [-0.05, 0) is 31.0 Å². The molecule has 1 aromatic carbocycles. The molecule has 0 fully saturated rings. The Morgan fingerprint density at radius 2 is 2.06 bits per heavy atom. The second-order valence-corrected chi connectivity index (χ2v) is 5.43. The first-order valence-electron chi connectivity index (χ1n) is 6.37. The van der Waals surface area contributed by atoms with E-state index in [0.717, 1.165) is 22.2 Å². The molecule has 1 aromatic rings. The minimum atomic E-state index is -0.566. The van der Waals surface area contributed by atoms with E-state index in [1.54, 1.807) is 0 Å². The van der Waals surface area contributed by atoms with Gasteiger partial charge in [-0.15, -0.1) is 0 Å². The zero-order valence-electron chi connectivity index (χ0n) is 11.2. The summed E-state index contributed by atoms with van der Waals surface area (Å²) in [6.45, 7) is 6.57. The van der Waals surface area contributed by atoms with Crippen molar-refractivity contribution in [2.75, 3.05) is 6.61 Å². The first kappa shape index (κ1) is 15.5. The van der Waals surface area contributed by atoms with Crippen molar-refractivity contribution < 1.29 is 9.84 Å². The number of hydrogen-bond donors (Lipinski definition) is 2. The molecular formula is C14H22BrNO2. The van der Waals surface area contributed by atoms with Gasteiger partial charge < -0.3 is 15.6 Å². The lowest BCUT2D eigenvalue weighted by molar-refractivity contribution is 0.0868. The maximum atomic E-state index is 10.2. The second-order valence-electron chi connectivity index (χ2n) is 4.52. The highest BCUT2D eigenvalue weighted by molar-refractivity contribution is 9.10. The molecule has 0 spiro atoms. The molecule has 4 heteroatoms. The van der Waals surface area contributed by atoms with Crippen LogP contribution >= 0.6 is 15.9 Å². The monoisotopic (exact) mass is 315 g/mol. The normalized spacial score (nSPS) is 16.1. The maximum absolute atomic E-state index is 10.2. The number of ether oxygens (including phenoxy) is 1. The van der Waals surface area contributed by atoms with Crippen molar-refractivity contribution in [1.82, 2.24) is 0 Å². The van der Waals surface area contributed by atoms with Gasteiger partial charge in [-0.2, -0.15) is 0 Å². The molecular weight excluding hydrogens is 294 g/mol. The molecule has 3 atom stereocenters. The highest BCUT2D eigenvalue weighted by Gasteiger charge is 2.24. The molecule has 0 aliphatic heterocycles. The van der Waals surface area contributed by atoms with Gasteiger partial charge in [0.25, 0.3) is 0 Å².